The first-order chi connectivity index (χ1) is 13.0. The van der Waals surface area contributed by atoms with Gasteiger partial charge in [0, 0.05) is 11.8 Å². The van der Waals surface area contributed by atoms with Gasteiger partial charge in [-0.25, -0.2) is 0 Å². The molecule has 2 N–H and O–H groups in total. The van der Waals surface area contributed by atoms with Gasteiger partial charge in [0.1, 0.15) is 11.6 Å². The lowest BCUT2D eigenvalue weighted by molar-refractivity contribution is 0.101. The van der Waals surface area contributed by atoms with E-state index in [1.54, 1.807) is 55.6 Å². The lowest BCUT2D eigenvalue weighted by Gasteiger charge is -2.05. The third-order valence-electron chi connectivity index (χ3n) is 3.61. The van der Waals surface area contributed by atoms with Crippen molar-refractivity contribution < 1.29 is 14.3 Å². The second-order valence-electron chi connectivity index (χ2n) is 5.39. The molecule has 138 valence electrons. The van der Waals surface area contributed by atoms with Gasteiger partial charge in [-0.1, -0.05) is 23.7 Å². The SMILES string of the molecule is COc1ccc(NC(=O)c2cc(NC(=O)c3ccccc3Cl)n(Br)n2)cc1. The van der Waals surface area contributed by atoms with Crippen LogP contribution in [0, 0.1) is 0 Å². The number of halogens is 2. The molecular formula is C18H14BrClN4O3. The molecule has 1 heterocycles. The fourth-order valence-electron chi connectivity index (χ4n) is 2.25. The summed E-state index contributed by atoms with van der Waals surface area (Å²) >= 11 is 9.20. The number of carbonyl (C=O) groups is 2. The average molecular weight is 450 g/mol. The van der Waals surface area contributed by atoms with Crippen LogP contribution in [-0.2, 0) is 0 Å². The Morgan fingerprint density at radius 2 is 1.78 bits per heavy atom. The zero-order valence-electron chi connectivity index (χ0n) is 14.1. The van der Waals surface area contributed by atoms with E-state index in [2.05, 4.69) is 31.9 Å². The first-order valence-electron chi connectivity index (χ1n) is 7.75. The van der Waals surface area contributed by atoms with Gasteiger partial charge in [0.15, 0.2) is 5.69 Å². The second kappa shape index (κ2) is 8.24. The highest BCUT2D eigenvalue weighted by Gasteiger charge is 2.17. The smallest absolute Gasteiger partial charge is 0.276 e. The number of benzene rings is 2. The van der Waals surface area contributed by atoms with Crippen molar-refractivity contribution in [2.75, 3.05) is 17.7 Å². The molecule has 0 unspecified atom stereocenters. The van der Waals surface area contributed by atoms with Crippen LogP contribution in [0.4, 0.5) is 11.5 Å². The molecule has 0 radical (unpaired) electrons. The van der Waals surface area contributed by atoms with E-state index in [4.69, 9.17) is 16.3 Å². The second-order valence-corrected chi connectivity index (χ2v) is 6.47. The first-order valence-corrected chi connectivity index (χ1v) is 8.84. The molecule has 27 heavy (non-hydrogen) atoms. The Labute approximate surface area is 168 Å². The first kappa shape index (κ1) is 18.9. The van der Waals surface area contributed by atoms with E-state index in [-0.39, 0.29) is 5.69 Å². The van der Waals surface area contributed by atoms with Crippen LogP contribution in [0.5, 0.6) is 5.75 Å². The van der Waals surface area contributed by atoms with E-state index < -0.39 is 11.8 Å². The van der Waals surface area contributed by atoms with Crippen molar-refractivity contribution in [2.24, 2.45) is 0 Å². The molecule has 3 rings (SSSR count). The monoisotopic (exact) mass is 448 g/mol. The van der Waals surface area contributed by atoms with Gasteiger partial charge >= 0.3 is 0 Å². The minimum atomic E-state index is -0.424. The third kappa shape index (κ3) is 4.47. The van der Waals surface area contributed by atoms with Crippen LogP contribution < -0.4 is 15.4 Å². The number of rotatable bonds is 5. The van der Waals surface area contributed by atoms with Gasteiger partial charge in [0.05, 0.1) is 33.8 Å². The van der Waals surface area contributed by atoms with E-state index in [1.807, 2.05) is 0 Å². The van der Waals surface area contributed by atoms with Crippen molar-refractivity contribution in [1.29, 1.82) is 0 Å². The van der Waals surface area contributed by atoms with Crippen LogP contribution in [0.15, 0.2) is 54.6 Å². The van der Waals surface area contributed by atoms with Gasteiger partial charge in [-0.05, 0) is 36.4 Å². The van der Waals surface area contributed by atoms with Gasteiger partial charge in [0.25, 0.3) is 11.8 Å². The van der Waals surface area contributed by atoms with Gasteiger partial charge in [-0.3, -0.25) is 9.59 Å². The number of amides is 2. The zero-order chi connectivity index (χ0) is 19.4. The summed E-state index contributed by atoms with van der Waals surface area (Å²) in [4.78, 5) is 24.7. The average Bonchev–Trinajstić information content (AvgIpc) is 3.03. The van der Waals surface area contributed by atoms with Crippen LogP contribution in [0.25, 0.3) is 0 Å². The Hall–Kier alpha value is -2.84. The van der Waals surface area contributed by atoms with Crippen molar-refractivity contribution in [1.82, 2.24) is 8.81 Å². The number of ether oxygens (including phenoxy) is 1. The number of hydrogen-bond donors (Lipinski definition) is 2. The topological polar surface area (TPSA) is 85.3 Å². The van der Waals surface area contributed by atoms with Gasteiger partial charge in [-0.15, -0.1) is 0 Å². The Bertz CT molecular complexity index is 989. The number of anilines is 2. The van der Waals surface area contributed by atoms with Crippen molar-refractivity contribution in [3.8, 4) is 5.75 Å². The predicted molar refractivity (Wildman–Crippen MR) is 107 cm³/mol. The molecule has 0 aliphatic rings. The molecule has 0 saturated heterocycles. The van der Waals surface area contributed by atoms with E-state index >= 15 is 0 Å². The summed E-state index contributed by atoms with van der Waals surface area (Å²) in [7, 11) is 1.56. The minimum Gasteiger partial charge on any atom is -0.497 e. The normalized spacial score (nSPS) is 10.3. The molecule has 0 fully saturated rings. The fraction of sp³-hybridized carbons (Fsp3) is 0.0556. The molecule has 3 aromatic rings. The number of nitrogens with zero attached hydrogens (tertiary/aromatic N) is 2. The number of hydrogen-bond acceptors (Lipinski definition) is 4. The largest absolute Gasteiger partial charge is 0.497 e. The standard InChI is InChI=1S/C18H14BrClN4O3/c1-27-12-8-6-11(7-9-12)21-18(26)15-10-16(24(19)23-15)22-17(25)13-4-2-3-5-14(13)20/h2-10H,1H3,(H,21,26)(H,22,25). The number of nitrogens with one attached hydrogen (secondary N) is 2. The van der Waals surface area contributed by atoms with Crippen LogP contribution in [-0.4, -0.2) is 27.7 Å². The van der Waals surface area contributed by atoms with E-state index in [9.17, 15) is 9.59 Å². The maximum atomic E-state index is 12.4. The number of methoxy groups -OCH3 is 1. The highest BCUT2D eigenvalue weighted by atomic mass is 79.9. The van der Waals surface area contributed by atoms with Crippen molar-refractivity contribution in [3.63, 3.8) is 0 Å². The number of aromatic nitrogens is 2. The quantitative estimate of drug-likeness (QED) is 0.611. The molecule has 0 aliphatic heterocycles. The Balaban J connectivity index is 1.72. The molecule has 2 amide bonds. The molecule has 2 aromatic carbocycles. The molecular weight excluding hydrogens is 436 g/mol. The highest BCUT2D eigenvalue weighted by molar-refractivity contribution is 9.08. The lowest BCUT2D eigenvalue weighted by Crippen LogP contribution is -2.13. The van der Waals surface area contributed by atoms with E-state index in [0.717, 1.165) is 0 Å². The maximum absolute atomic E-state index is 12.4. The van der Waals surface area contributed by atoms with Crippen molar-refractivity contribution >= 4 is 51.1 Å². The van der Waals surface area contributed by atoms with Crippen LogP contribution in [0.2, 0.25) is 5.02 Å². The van der Waals surface area contributed by atoms with Gasteiger partial charge in [-0.2, -0.15) is 8.81 Å². The third-order valence-corrected chi connectivity index (χ3v) is 4.48. The zero-order valence-corrected chi connectivity index (χ0v) is 16.4. The summed E-state index contributed by atoms with van der Waals surface area (Å²) in [6.45, 7) is 0. The minimum absolute atomic E-state index is 0.122. The molecule has 0 saturated carbocycles. The molecule has 0 bridgehead atoms. The van der Waals surface area contributed by atoms with E-state index in [0.29, 0.717) is 27.8 Å². The Kier molecular flexibility index (Phi) is 5.78. The van der Waals surface area contributed by atoms with Gasteiger partial charge in [0.2, 0.25) is 0 Å². The molecule has 9 heteroatoms. The van der Waals surface area contributed by atoms with Crippen LogP contribution in [0.1, 0.15) is 20.8 Å². The fourth-order valence-corrected chi connectivity index (χ4v) is 2.84. The lowest BCUT2D eigenvalue weighted by atomic mass is 10.2. The maximum Gasteiger partial charge on any atom is 0.276 e. The molecule has 1 aromatic heterocycles. The predicted octanol–water partition coefficient (Wildman–Crippen LogP) is 4.21. The highest BCUT2D eigenvalue weighted by Crippen LogP contribution is 2.20. The molecule has 0 spiro atoms. The summed E-state index contributed by atoms with van der Waals surface area (Å²) in [5, 5.41) is 9.76. The Morgan fingerprint density at radius 1 is 1.07 bits per heavy atom. The van der Waals surface area contributed by atoms with Crippen molar-refractivity contribution in [3.05, 3.63) is 70.9 Å². The van der Waals surface area contributed by atoms with Gasteiger partial charge < -0.3 is 15.4 Å². The van der Waals surface area contributed by atoms with Crippen molar-refractivity contribution in [2.45, 2.75) is 0 Å². The molecule has 0 aliphatic carbocycles. The van der Waals surface area contributed by atoms with E-state index in [1.165, 1.54) is 9.77 Å². The summed E-state index contributed by atoms with van der Waals surface area (Å²) in [6, 6.07) is 15.0. The Morgan fingerprint density at radius 3 is 2.44 bits per heavy atom. The summed E-state index contributed by atoms with van der Waals surface area (Å²) in [6.07, 6.45) is 0. The number of carbonyl (C=O) groups excluding carboxylic acids is 2. The van der Waals surface area contributed by atoms with Crippen LogP contribution in [0.3, 0.4) is 0 Å². The van der Waals surface area contributed by atoms with Crippen LogP contribution >= 0.6 is 27.7 Å². The summed E-state index contributed by atoms with van der Waals surface area (Å²) in [5.74, 6) is 0.136. The summed E-state index contributed by atoms with van der Waals surface area (Å²) in [5.41, 5.74) is 1.03. The molecule has 7 nitrogen and oxygen atoms in total. The molecule has 0 atom stereocenters. The summed E-state index contributed by atoms with van der Waals surface area (Å²) < 4.78 is 6.30.